The van der Waals surface area contributed by atoms with Gasteiger partial charge in [-0.2, -0.15) is 0 Å². The highest BCUT2D eigenvalue weighted by molar-refractivity contribution is 5.02. The van der Waals surface area contributed by atoms with E-state index in [9.17, 15) is 0 Å². The Hall–Kier alpha value is -0.870. The van der Waals surface area contributed by atoms with Gasteiger partial charge >= 0.3 is 0 Å². The zero-order chi connectivity index (χ0) is 10.1. The minimum absolute atomic E-state index is 0.0566. The second-order valence-corrected chi connectivity index (χ2v) is 4.02. The van der Waals surface area contributed by atoms with Gasteiger partial charge in [0, 0.05) is 24.9 Å². The van der Waals surface area contributed by atoms with Crippen LogP contribution in [0, 0.1) is 5.41 Å². The predicted octanol–water partition coefficient (Wildman–Crippen LogP) is 0.438. The third-order valence-electron chi connectivity index (χ3n) is 2.39. The zero-order valence-corrected chi connectivity index (χ0v) is 8.36. The molecule has 0 unspecified atom stereocenters. The molecule has 0 saturated carbocycles. The summed E-state index contributed by atoms with van der Waals surface area (Å²) in [7, 11) is 1.90. The van der Waals surface area contributed by atoms with Crippen LogP contribution in [0.5, 0.6) is 0 Å². The SMILES string of the molecule is Cn1ccnc1[C@H](N)C(C)(C)CO. The molecular formula is C9H17N3O. The van der Waals surface area contributed by atoms with Crippen LogP contribution in [-0.2, 0) is 7.05 Å². The second kappa shape index (κ2) is 3.47. The fourth-order valence-corrected chi connectivity index (χ4v) is 1.12. The first kappa shape index (κ1) is 10.2. The number of aromatic nitrogens is 2. The average molecular weight is 183 g/mol. The van der Waals surface area contributed by atoms with Gasteiger partial charge in [-0.25, -0.2) is 4.98 Å². The van der Waals surface area contributed by atoms with Gasteiger partial charge in [0.15, 0.2) is 0 Å². The molecule has 74 valence electrons. The van der Waals surface area contributed by atoms with Crippen molar-refractivity contribution in [2.24, 2.45) is 18.2 Å². The molecule has 1 aromatic heterocycles. The molecule has 0 spiro atoms. The molecule has 0 aliphatic carbocycles. The normalized spacial score (nSPS) is 14.5. The molecule has 0 aromatic carbocycles. The molecule has 0 radical (unpaired) electrons. The van der Waals surface area contributed by atoms with Crippen LogP contribution in [0.2, 0.25) is 0 Å². The summed E-state index contributed by atoms with van der Waals surface area (Å²) in [5, 5.41) is 9.14. The Morgan fingerprint density at radius 1 is 1.69 bits per heavy atom. The fraction of sp³-hybridized carbons (Fsp3) is 0.667. The number of rotatable bonds is 3. The van der Waals surface area contributed by atoms with Gasteiger partial charge in [0.2, 0.25) is 0 Å². The highest BCUT2D eigenvalue weighted by Gasteiger charge is 2.29. The topological polar surface area (TPSA) is 64.1 Å². The van der Waals surface area contributed by atoms with Gasteiger partial charge in [-0.15, -0.1) is 0 Å². The highest BCUT2D eigenvalue weighted by atomic mass is 16.3. The Morgan fingerprint density at radius 3 is 2.69 bits per heavy atom. The van der Waals surface area contributed by atoms with E-state index in [1.54, 1.807) is 6.20 Å². The van der Waals surface area contributed by atoms with Crippen LogP contribution >= 0.6 is 0 Å². The lowest BCUT2D eigenvalue weighted by Gasteiger charge is -2.28. The van der Waals surface area contributed by atoms with E-state index in [0.717, 1.165) is 5.82 Å². The Morgan fingerprint density at radius 2 is 2.31 bits per heavy atom. The number of nitrogens with two attached hydrogens (primary N) is 1. The van der Waals surface area contributed by atoms with Crippen LogP contribution in [0.1, 0.15) is 25.7 Å². The van der Waals surface area contributed by atoms with Crippen molar-refractivity contribution in [1.29, 1.82) is 0 Å². The maximum atomic E-state index is 9.14. The third kappa shape index (κ3) is 1.89. The fourth-order valence-electron chi connectivity index (χ4n) is 1.12. The van der Waals surface area contributed by atoms with Gasteiger partial charge in [-0.1, -0.05) is 13.8 Å². The van der Waals surface area contributed by atoms with Crippen LogP contribution in [0.25, 0.3) is 0 Å². The largest absolute Gasteiger partial charge is 0.396 e. The summed E-state index contributed by atoms with van der Waals surface area (Å²) in [6.45, 7) is 3.90. The molecule has 0 fully saturated rings. The summed E-state index contributed by atoms with van der Waals surface area (Å²) < 4.78 is 1.88. The van der Waals surface area contributed by atoms with Crippen LogP contribution in [0.4, 0.5) is 0 Å². The maximum Gasteiger partial charge on any atom is 0.126 e. The maximum absolute atomic E-state index is 9.14. The summed E-state index contributed by atoms with van der Waals surface area (Å²) in [5.41, 5.74) is 5.65. The molecule has 0 bridgehead atoms. The lowest BCUT2D eigenvalue weighted by atomic mass is 9.85. The Balaban J connectivity index is 2.91. The number of aliphatic hydroxyl groups is 1. The highest BCUT2D eigenvalue weighted by Crippen LogP contribution is 2.28. The van der Waals surface area contributed by atoms with Gasteiger partial charge in [-0.05, 0) is 0 Å². The van der Waals surface area contributed by atoms with Crippen molar-refractivity contribution in [3.8, 4) is 0 Å². The van der Waals surface area contributed by atoms with Crippen LogP contribution in [-0.4, -0.2) is 21.3 Å². The summed E-state index contributed by atoms with van der Waals surface area (Å²) in [5.74, 6) is 0.805. The minimum atomic E-state index is -0.334. The average Bonchev–Trinajstić information content (AvgIpc) is 2.50. The standard InChI is InChI=1S/C9H17N3O/c1-9(2,6-13)7(10)8-11-4-5-12(8)3/h4-5,7,13H,6,10H2,1-3H3/t7-/m0/s1. The van der Waals surface area contributed by atoms with Crippen molar-refractivity contribution in [3.05, 3.63) is 18.2 Å². The van der Waals surface area contributed by atoms with Gasteiger partial charge in [0.25, 0.3) is 0 Å². The number of imidazole rings is 1. The number of nitrogens with zero attached hydrogens (tertiary/aromatic N) is 2. The van der Waals surface area contributed by atoms with Crippen molar-refractivity contribution in [2.45, 2.75) is 19.9 Å². The molecule has 0 amide bonds. The number of aliphatic hydroxyl groups excluding tert-OH is 1. The zero-order valence-electron chi connectivity index (χ0n) is 8.36. The Kier molecular flexibility index (Phi) is 2.73. The van der Waals surface area contributed by atoms with Gasteiger partial charge in [-0.3, -0.25) is 0 Å². The van der Waals surface area contributed by atoms with Crippen LogP contribution in [0.3, 0.4) is 0 Å². The smallest absolute Gasteiger partial charge is 0.126 e. The van der Waals surface area contributed by atoms with Gasteiger partial charge in [0.1, 0.15) is 5.82 Å². The molecule has 4 heteroatoms. The van der Waals surface area contributed by atoms with Gasteiger partial charge < -0.3 is 15.4 Å². The summed E-state index contributed by atoms with van der Waals surface area (Å²) in [6, 6.07) is -0.238. The van der Waals surface area contributed by atoms with E-state index in [1.165, 1.54) is 0 Å². The van der Waals surface area contributed by atoms with E-state index in [4.69, 9.17) is 10.8 Å². The van der Waals surface area contributed by atoms with Crippen molar-refractivity contribution in [1.82, 2.24) is 9.55 Å². The molecule has 1 rings (SSSR count). The van der Waals surface area contributed by atoms with E-state index >= 15 is 0 Å². The second-order valence-electron chi connectivity index (χ2n) is 4.02. The van der Waals surface area contributed by atoms with Crippen LogP contribution in [0.15, 0.2) is 12.4 Å². The van der Waals surface area contributed by atoms with E-state index in [-0.39, 0.29) is 18.1 Å². The number of hydrogen-bond donors (Lipinski definition) is 2. The van der Waals surface area contributed by atoms with E-state index in [2.05, 4.69) is 4.98 Å². The third-order valence-corrected chi connectivity index (χ3v) is 2.39. The Labute approximate surface area is 78.4 Å². The lowest BCUT2D eigenvalue weighted by Crippen LogP contribution is -2.34. The molecule has 1 heterocycles. The molecular weight excluding hydrogens is 166 g/mol. The molecule has 13 heavy (non-hydrogen) atoms. The molecule has 0 aliphatic heterocycles. The molecule has 3 N–H and O–H groups in total. The Bertz CT molecular complexity index is 280. The van der Waals surface area contributed by atoms with Crippen molar-refractivity contribution in [2.75, 3.05) is 6.61 Å². The molecule has 0 aliphatic rings. The lowest BCUT2D eigenvalue weighted by molar-refractivity contribution is 0.128. The molecule has 4 nitrogen and oxygen atoms in total. The van der Waals surface area contributed by atoms with Crippen LogP contribution < -0.4 is 5.73 Å². The van der Waals surface area contributed by atoms with Crippen molar-refractivity contribution >= 4 is 0 Å². The first-order valence-electron chi connectivity index (χ1n) is 4.32. The quantitative estimate of drug-likeness (QED) is 0.714. The summed E-state index contributed by atoms with van der Waals surface area (Å²) >= 11 is 0. The molecule has 1 atom stereocenters. The summed E-state index contributed by atoms with van der Waals surface area (Å²) in [6.07, 6.45) is 3.56. The first-order valence-corrected chi connectivity index (χ1v) is 4.32. The van der Waals surface area contributed by atoms with Crippen molar-refractivity contribution < 1.29 is 5.11 Å². The minimum Gasteiger partial charge on any atom is -0.396 e. The monoisotopic (exact) mass is 183 g/mol. The molecule has 1 aromatic rings. The van der Waals surface area contributed by atoms with E-state index < -0.39 is 0 Å². The first-order chi connectivity index (χ1) is 5.99. The summed E-state index contributed by atoms with van der Waals surface area (Å²) in [4.78, 5) is 4.16. The number of aryl methyl sites for hydroxylation is 1. The van der Waals surface area contributed by atoms with E-state index in [1.807, 2.05) is 31.7 Å². The van der Waals surface area contributed by atoms with E-state index in [0.29, 0.717) is 0 Å². The van der Waals surface area contributed by atoms with Crippen molar-refractivity contribution in [3.63, 3.8) is 0 Å². The van der Waals surface area contributed by atoms with Gasteiger partial charge in [0.05, 0.1) is 12.6 Å². The number of hydrogen-bond acceptors (Lipinski definition) is 3. The molecule has 0 saturated heterocycles. The predicted molar refractivity (Wildman–Crippen MR) is 51.0 cm³/mol.